The number of nitrogens with zero attached hydrogens (tertiary/aromatic N) is 1. The van der Waals surface area contributed by atoms with Gasteiger partial charge in [0.15, 0.2) is 0 Å². The Balaban J connectivity index is 2.04. The fourth-order valence-corrected chi connectivity index (χ4v) is 2.05. The third kappa shape index (κ3) is 3.92. The third-order valence-corrected chi connectivity index (χ3v) is 3.16. The number of benzene rings is 1. The molecule has 0 aliphatic carbocycles. The molecule has 1 N–H and O–H groups in total. The van der Waals surface area contributed by atoms with Crippen LogP contribution in [0.1, 0.15) is 29.5 Å². The Morgan fingerprint density at radius 3 is 2.86 bits per heavy atom. The Bertz CT molecular complexity index is 623. The number of nitrogens with one attached hydrogen (secondary N) is 1. The molecule has 0 aliphatic heterocycles. The number of hydrogen-bond donors (Lipinski definition) is 1. The van der Waals surface area contributed by atoms with Gasteiger partial charge < -0.3 is 9.73 Å². The SMILES string of the molecule is C[C@H](CCc1ccco1)Nc1ccc(C=O)cc1[N+](=O)[O-]. The molecule has 0 radical (unpaired) electrons. The van der Waals surface area contributed by atoms with E-state index in [4.69, 9.17) is 4.42 Å². The molecule has 110 valence electrons. The van der Waals surface area contributed by atoms with Gasteiger partial charge >= 0.3 is 0 Å². The van der Waals surface area contributed by atoms with E-state index in [0.717, 1.165) is 18.6 Å². The summed E-state index contributed by atoms with van der Waals surface area (Å²) in [5, 5.41) is 14.2. The third-order valence-electron chi connectivity index (χ3n) is 3.16. The molecule has 0 aliphatic rings. The van der Waals surface area contributed by atoms with Gasteiger partial charge in [-0.25, -0.2) is 0 Å². The second-order valence-corrected chi connectivity index (χ2v) is 4.81. The maximum Gasteiger partial charge on any atom is 0.293 e. The summed E-state index contributed by atoms with van der Waals surface area (Å²) in [7, 11) is 0. The van der Waals surface area contributed by atoms with Gasteiger partial charge in [-0.1, -0.05) is 0 Å². The Labute approximate surface area is 121 Å². The van der Waals surface area contributed by atoms with E-state index >= 15 is 0 Å². The standard InChI is InChI=1S/C15H16N2O4/c1-11(4-6-13-3-2-8-21-13)16-14-7-5-12(10-18)9-15(14)17(19)20/h2-3,5,7-11,16H,4,6H2,1H3/t11-/m1/s1. The molecule has 0 fully saturated rings. The number of aryl methyl sites for hydroxylation is 1. The van der Waals surface area contributed by atoms with E-state index in [1.807, 2.05) is 19.1 Å². The fourth-order valence-electron chi connectivity index (χ4n) is 2.05. The number of nitro benzene ring substituents is 1. The summed E-state index contributed by atoms with van der Waals surface area (Å²) in [4.78, 5) is 21.3. The van der Waals surface area contributed by atoms with Crippen molar-refractivity contribution in [2.24, 2.45) is 0 Å². The van der Waals surface area contributed by atoms with E-state index in [9.17, 15) is 14.9 Å². The zero-order valence-corrected chi connectivity index (χ0v) is 11.6. The highest BCUT2D eigenvalue weighted by atomic mass is 16.6. The molecule has 1 atom stereocenters. The van der Waals surface area contributed by atoms with Crippen LogP contribution in [-0.4, -0.2) is 17.3 Å². The maximum absolute atomic E-state index is 11.1. The van der Waals surface area contributed by atoms with Crippen LogP contribution < -0.4 is 5.32 Å². The van der Waals surface area contributed by atoms with Gasteiger partial charge in [-0.2, -0.15) is 0 Å². The van der Waals surface area contributed by atoms with E-state index in [2.05, 4.69) is 5.32 Å². The predicted octanol–water partition coefficient (Wildman–Crippen LogP) is 3.43. The number of furan rings is 1. The van der Waals surface area contributed by atoms with Crippen molar-refractivity contribution < 1.29 is 14.1 Å². The van der Waals surface area contributed by atoms with Crippen LogP contribution in [0.5, 0.6) is 0 Å². The first-order chi connectivity index (χ1) is 10.1. The van der Waals surface area contributed by atoms with E-state index in [0.29, 0.717) is 12.0 Å². The number of carbonyl (C=O) groups is 1. The Kier molecular flexibility index (Phi) is 4.71. The molecule has 0 spiro atoms. The molecule has 0 unspecified atom stereocenters. The van der Waals surface area contributed by atoms with Crippen molar-refractivity contribution in [2.75, 3.05) is 5.32 Å². The van der Waals surface area contributed by atoms with Crippen LogP contribution in [0.2, 0.25) is 0 Å². The van der Waals surface area contributed by atoms with Gasteiger partial charge in [-0.05, 0) is 37.6 Å². The van der Waals surface area contributed by atoms with Crippen LogP contribution in [0.25, 0.3) is 0 Å². The molecular formula is C15H16N2O4. The normalized spacial score (nSPS) is 11.9. The number of rotatable bonds is 7. The molecule has 1 heterocycles. The number of carbonyl (C=O) groups excluding carboxylic acids is 1. The first-order valence-electron chi connectivity index (χ1n) is 6.62. The lowest BCUT2D eigenvalue weighted by atomic mass is 10.1. The van der Waals surface area contributed by atoms with Crippen LogP contribution in [0.15, 0.2) is 41.0 Å². The minimum atomic E-state index is -0.491. The van der Waals surface area contributed by atoms with E-state index in [-0.39, 0.29) is 17.3 Å². The zero-order chi connectivity index (χ0) is 15.2. The minimum Gasteiger partial charge on any atom is -0.469 e. The van der Waals surface area contributed by atoms with Crippen LogP contribution in [0.3, 0.4) is 0 Å². The molecule has 6 nitrogen and oxygen atoms in total. The predicted molar refractivity (Wildman–Crippen MR) is 78.6 cm³/mol. The molecule has 1 aromatic heterocycles. The van der Waals surface area contributed by atoms with Crippen molar-refractivity contribution in [2.45, 2.75) is 25.8 Å². The van der Waals surface area contributed by atoms with E-state index < -0.39 is 4.92 Å². The first kappa shape index (κ1) is 14.8. The van der Waals surface area contributed by atoms with Crippen molar-refractivity contribution in [3.8, 4) is 0 Å². The van der Waals surface area contributed by atoms with Gasteiger partial charge in [0.2, 0.25) is 0 Å². The quantitative estimate of drug-likeness (QED) is 0.479. The second-order valence-electron chi connectivity index (χ2n) is 4.81. The Morgan fingerprint density at radius 1 is 1.43 bits per heavy atom. The highest BCUT2D eigenvalue weighted by molar-refractivity contribution is 5.79. The molecule has 6 heteroatoms. The lowest BCUT2D eigenvalue weighted by molar-refractivity contribution is -0.384. The van der Waals surface area contributed by atoms with Crippen LogP contribution in [0, 0.1) is 10.1 Å². The zero-order valence-electron chi connectivity index (χ0n) is 11.6. The lowest BCUT2D eigenvalue weighted by Gasteiger charge is -2.14. The Hall–Kier alpha value is -2.63. The summed E-state index contributed by atoms with van der Waals surface area (Å²) in [6, 6.07) is 8.15. The number of nitro groups is 1. The molecule has 0 saturated carbocycles. The van der Waals surface area contributed by atoms with Gasteiger partial charge in [0, 0.05) is 24.1 Å². The molecular weight excluding hydrogens is 272 g/mol. The molecule has 0 amide bonds. The second kappa shape index (κ2) is 6.69. The summed E-state index contributed by atoms with van der Waals surface area (Å²) < 4.78 is 5.25. The molecule has 2 aromatic rings. The van der Waals surface area contributed by atoms with Gasteiger partial charge in [0.1, 0.15) is 17.7 Å². The highest BCUT2D eigenvalue weighted by Gasteiger charge is 2.16. The summed E-state index contributed by atoms with van der Waals surface area (Å²) >= 11 is 0. The van der Waals surface area contributed by atoms with E-state index in [1.54, 1.807) is 18.4 Å². The maximum atomic E-state index is 11.1. The Morgan fingerprint density at radius 2 is 2.24 bits per heavy atom. The average molecular weight is 288 g/mol. The van der Waals surface area contributed by atoms with Crippen LogP contribution in [-0.2, 0) is 6.42 Å². The van der Waals surface area contributed by atoms with Gasteiger partial charge in [-0.3, -0.25) is 14.9 Å². The van der Waals surface area contributed by atoms with Crippen molar-refractivity contribution in [1.82, 2.24) is 0 Å². The monoisotopic (exact) mass is 288 g/mol. The summed E-state index contributed by atoms with van der Waals surface area (Å²) in [6.07, 6.45) is 3.75. The largest absolute Gasteiger partial charge is 0.469 e. The summed E-state index contributed by atoms with van der Waals surface area (Å²) in [6.45, 7) is 1.94. The number of aldehydes is 1. The van der Waals surface area contributed by atoms with Crippen molar-refractivity contribution >= 4 is 17.7 Å². The van der Waals surface area contributed by atoms with Crippen molar-refractivity contribution in [3.05, 3.63) is 58.0 Å². The van der Waals surface area contributed by atoms with Gasteiger partial charge in [-0.15, -0.1) is 0 Å². The van der Waals surface area contributed by atoms with Crippen LogP contribution >= 0.6 is 0 Å². The van der Waals surface area contributed by atoms with Gasteiger partial charge in [0.05, 0.1) is 11.2 Å². The van der Waals surface area contributed by atoms with Crippen LogP contribution in [0.4, 0.5) is 11.4 Å². The molecule has 21 heavy (non-hydrogen) atoms. The number of hydrogen-bond acceptors (Lipinski definition) is 5. The lowest BCUT2D eigenvalue weighted by Crippen LogP contribution is -2.17. The van der Waals surface area contributed by atoms with E-state index in [1.165, 1.54) is 6.07 Å². The topological polar surface area (TPSA) is 85.4 Å². The van der Waals surface area contributed by atoms with Gasteiger partial charge in [0.25, 0.3) is 5.69 Å². The van der Waals surface area contributed by atoms with Crippen molar-refractivity contribution in [3.63, 3.8) is 0 Å². The van der Waals surface area contributed by atoms with Crippen molar-refractivity contribution in [1.29, 1.82) is 0 Å². The molecule has 1 aromatic carbocycles. The smallest absolute Gasteiger partial charge is 0.293 e. The first-order valence-corrected chi connectivity index (χ1v) is 6.62. The minimum absolute atomic E-state index is 0.0379. The highest BCUT2D eigenvalue weighted by Crippen LogP contribution is 2.26. The molecule has 2 rings (SSSR count). The fraction of sp³-hybridized carbons (Fsp3) is 0.267. The summed E-state index contributed by atoms with van der Waals surface area (Å²) in [5.74, 6) is 0.884. The average Bonchev–Trinajstić information content (AvgIpc) is 2.98. The number of anilines is 1. The molecule has 0 bridgehead atoms. The summed E-state index contributed by atoms with van der Waals surface area (Å²) in [5.41, 5.74) is 0.609. The molecule has 0 saturated heterocycles.